The largest absolute Gasteiger partial charge is 0.382 e. The molecule has 0 fully saturated rings. The molecule has 0 saturated carbocycles. The number of aromatic amines is 1. The number of nitrogens with one attached hydrogen (secondary N) is 1. The summed E-state index contributed by atoms with van der Waals surface area (Å²) >= 11 is 0. The summed E-state index contributed by atoms with van der Waals surface area (Å²) in [6.45, 7) is 1.76. The van der Waals surface area contributed by atoms with E-state index in [1.807, 2.05) is 0 Å². The van der Waals surface area contributed by atoms with E-state index in [0.717, 1.165) is 17.8 Å². The maximum absolute atomic E-state index is 13.0. The lowest BCUT2D eigenvalue weighted by molar-refractivity contribution is 0.509. The summed E-state index contributed by atoms with van der Waals surface area (Å²) in [6.07, 6.45) is 0. The van der Waals surface area contributed by atoms with Gasteiger partial charge < -0.3 is 5.73 Å². The van der Waals surface area contributed by atoms with Gasteiger partial charge in [-0.2, -0.15) is 5.10 Å². The molecule has 5 heteroatoms. The van der Waals surface area contributed by atoms with Gasteiger partial charge in [0.2, 0.25) is 0 Å². The van der Waals surface area contributed by atoms with Gasteiger partial charge in [-0.15, -0.1) is 0 Å². The van der Waals surface area contributed by atoms with E-state index in [1.54, 1.807) is 6.92 Å². The van der Waals surface area contributed by atoms with Crippen LogP contribution in [0, 0.1) is 18.6 Å². The average molecular weight is 209 g/mol. The Labute approximate surface area is 84.9 Å². The zero-order valence-electron chi connectivity index (χ0n) is 8.01. The third-order valence-corrected chi connectivity index (χ3v) is 2.18. The Balaban J connectivity index is 2.59. The molecule has 0 aliphatic carbocycles. The molecule has 15 heavy (non-hydrogen) atoms. The van der Waals surface area contributed by atoms with Crippen molar-refractivity contribution in [3.05, 3.63) is 35.5 Å². The molecule has 3 N–H and O–H groups in total. The van der Waals surface area contributed by atoms with Crippen LogP contribution in [0.2, 0.25) is 0 Å². The molecule has 0 unspecified atom stereocenters. The Bertz CT molecular complexity index is 486. The number of H-pyrrole nitrogens is 1. The smallest absolute Gasteiger partial charge is 0.159 e. The number of anilines is 1. The second kappa shape index (κ2) is 3.34. The lowest BCUT2D eigenvalue weighted by atomic mass is 10.1. The Morgan fingerprint density at radius 1 is 1.27 bits per heavy atom. The molecule has 1 aromatic carbocycles. The fourth-order valence-corrected chi connectivity index (χ4v) is 1.46. The molecular formula is C10H9F2N3. The highest BCUT2D eigenvalue weighted by Crippen LogP contribution is 2.28. The predicted octanol–water partition coefficient (Wildman–Crippen LogP) is 2.25. The number of halogens is 2. The molecule has 2 aromatic rings. The SMILES string of the molecule is Cc1[nH]nc(N)c1-c1ccc(F)c(F)c1. The number of rotatable bonds is 1. The van der Waals surface area contributed by atoms with E-state index >= 15 is 0 Å². The van der Waals surface area contributed by atoms with E-state index < -0.39 is 11.6 Å². The molecule has 1 aromatic heterocycles. The Morgan fingerprint density at radius 2 is 2.00 bits per heavy atom. The molecular weight excluding hydrogens is 200 g/mol. The van der Waals surface area contributed by atoms with Crippen molar-refractivity contribution >= 4 is 5.82 Å². The van der Waals surface area contributed by atoms with Crippen molar-refractivity contribution in [2.75, 3.05) is 5.73 Å². The molecule has 0 amide bonds. The first-order chi connectivity index (χ1) is 7.09. The van der Waals surface area contributed by atoms with Crippen LogP contribution in [-0.2, 0) is 0 Å². The van der Waals surface area contributed by atoms with Crippen LogP contribution in [0.4, 0.5) is 14.6 Å². The number of aromatic nitrogens is 2. The van der Waals surface area contributed by atoms with Gasteiger partial charge in [0.15, 0.2) is 17.5 Å². The number of hydrogen-bond acceptors (Lipinski definition) is 2. The lowest BCUT2D eigenvalue weighted by Crippen LogP contribution is -1.90. The minimum Gasteiger partial charge on any atom is -0.382 e. The van der Waals surface area contributed by atoms with E-state index in [9.17, 15) is 8.78 Å². The van der Waals surface area contributed by atoms with Crippen molar-refractivity contribution in [1.82, 2.24) is 10.2 Å². The van der Waals surface area contributed by atoms with E-state index in [0.29, 0.717) is 11.1 Å². The first kappa shape index (κ1) is 9.64. The van der Waals surface area contributed by atoms with Gasteiger partial charge in [0, 0.05) is 11.3 Å². The van der Waals surface area contributed by atoms with Crippen LogP contribution in [0.5, 0.6) is 0 Å². The quantitative estimate of drug-likeness (QED) is 0.756. The predicted molar refractivity (Wildman–Crippen MR) is 53.1 cm³/mol. The standard InChI is InChI=1S/C10H9F2N3/c1-5-9(10(13)15-14-5)6-2-3-7(11)8(12)4-6/h2-4H,1H3,(H3,13,14,15). The van der Waals surface area contributed by atoms with E-state index in [4.69, 9.17) is 5.73 Å². The molecule has 1 heterocycles. The molecule has 0 aliphatic heterocycles. The van der Waals surface area contributed by atoms with Crippen LogP contribution in [0.15, 0.2) is 18.2 Å². The number of nitrogens with zero attached hydrogens (tertiary/aromatic N) is 1. The summed E-state index contributed by atoms with van der Waals surface area (Å²) in [4.78, 5) is 0. The van der Waals surface area contributed by atoms with Crippen LogP contribution in [0.1, 0.15) is 5.69 Å². The van der Waals surface area contributed by atoms with Crippen molar-refractivity contribution < 1.29 is 8.78 Å². The lowest BCUT2D eigenvalue weighted by Gasteiger charge is -2.01. The summed E-state index contributed by atoms with van der Waals surface area (Å²) < 4.78 is 25.7. The molecule has 78 valence electrons. The summed E-state index contributed by atoms with van der Waals surface area (Å²) in [5, 5.41) is 6.46. The van der Waals surface area contributed by atoms with E-state index in [1.165, 1.54) is 6.07 Å². The summed E-state index contributed by atoms with van der Waals surface area (Å²) in [7, 11) is 0. The summed E-state index contributed by atoms with van der Waals surface area (Å²) in [5.74, 6) is -1.50. The van der Waals surface area contributed by atoms with Crippen molar-refractivity contribution in [2.24, 2.45) is 0 Å². The summed E-state index contributed by atoms with van der Waals surface area (Å²) in [5.41, 5.74) is 7.44. The first-order valence-corrected chi connectivity index (χ1v) is 4.35. The fraction of sp³-hybridized carbons (Fsp3) is 0.100. The maximum Gasteiger partial charge on any atom is 0.159 e. The third-order valence-electron chi connectivity index (χ3n) is 2.18. The highest BCUT2D eigenvalue weighted by molar-refractivity contribution is 5.75. The molecule has 0 bridgehead atoms. The molecule has 0 saturated heterocycles. The first-order valence-electron chi connectivity index (χ1n) is 4.35. The summed E-state index contributed by atoms with van der Waals surface area (Å²) in [6, 6.07) is 3.63. The number of benzene rings is 1. The molecule has 0 spiro atoms. The monoisotopic (exact) mass is 209 g/mol. The molecule has 0 radical (unpaired) electrons. The van der Waals surface area contributed by atoms with Crippen LogP contribution in [0.3, 0.4) is 0 Å². The third kappa shape index (κ3) is 1.56. The van der Waals surface area contributed by atoms with Gasteiger partial charge >= 0.3 is 0 Å². The van der Waals surface area contributed by atoms with E-state index in [2.05, 4.69) is 10.2 Å². The second-order valence-corrected chi connectivity index (χ2v) is 3.24. The molecule has 0 atom stereocenters. The normalized spacial score (nSPS) is 10.6. The minimum atomic E-state index is -0.896. The zero-order chi connectivity index (χ0) is 11.0. The highest BCUT2D eigenvalue weighted by atomic mass is 19.2. The Morgan fingerprint density at radius 3 is 2.53 bits per heavy atom. The maximum atomic E-state index is 13.0. The van der Waals surface area contributed by atoms with Crippen molar-refractivity contribution in [2.45, 2.75) is 6.92 Å². The highest BCUT2D eigenvalue weighted by Gasteiger charge is 2.11. The second-order valence-electron chi connectivity index (χ2n) is 3.24. The van der Waals surface area contributed by atoms with Crippen molar-refractivity contribution in [3.63, 3.8) is 0 Å². The zero-order valence-corrected chi connectivity index (χ0v) is 8.01. The molecule has 0 aliphatic rings. The van der Waals surface area contributed by atoms with Gasteiger partial charge in [0.05, 0.1) is 0 Å². The average Bonchev–Trinajstić information content (AvgIpc) is 2.52. The van der Waals surface area contributed by atoms with Gasteiger partial charge in [0.1, 0.15) is 0 Å². The van der Waals surface area contributed by atoms with Gasteiger partial charge in [-0.05, 0) is 24.6 Å². The van der Waals surface area contributed by atoms with Gasteiger partial charge in [-0.3, -0.25) is 5.10 Å². The number of aryl methyl sites for hydroxylation is 1. The van der Waals surface area contributed by atoms with Crippen molar-refractivity contribution in [1.29, 1.82) is 0 Å². The number of nitrogens with two attached hydrogens (primary N) is 1. The molecule has 3 nitrogen and oxygen atoms in total. The molecule has 2 rings (SSSR count). The van der Waals surface area contributed by atoms with Crippen molar-refractivity contribution in [3.8, 4) is 11.1 Å². The van der Waals surface area contributed by atoms with Crippen LogP contribution < -0.4 is 5.73 Å². The Kier molecular flexibility index (Phi) is 2.15. The minimum absolute atomic E-state index is 0.276. The van der Waals surface area contributed by atoms with Crippen LogP contribution in [0.25, 0.3) is 11.1 Å². The van der Waals surface area contributed by atoms with Gasteiger partial charge in [-0.25, -0.2) is 8.78 Å². The number of nitrogen functional groups attached to an aromatic ring is 1. The Hall–Kier alpha value is -1.91. The van der Waals surface area contributed by atoms with E-state index in [-0.39, 0.29) is 5.82 Å². The topological polar surface area (TPSA) is 54.7 Å². The van der Waals surface area contributed by atoms with Gasteiger partial charge in [0.25, 0.3) is 0 Å². The van der Waals surface area contributed by atoms with Crippen LogP contribution in [-0.4, -0.2) is 10.2 Å². The van der Waals surface area contributed by atoms with Gasteiger partial charge in [-0.1, -0.05) is 6.07 Å². The number of hydrogen-bond donors (Lipinski definition) is 2. The fourth-order valence-electron chi connectivity index (χ4n) is 1.46. The van der Waals surface area contributed by atoms with Crippen LogP contribution >= 0.6 is 0 Å².